The molecule has 2 aromatic rings. The van der Waals surface area contributed by atoms with Gasteiger partial charge in [0.1, 0.15) is 11.9 Å². The van der Waals surface area contributed by atoms with Crippen LogP contribution in [0.3, 0.4) is 0 Å². The molecule has 6 heteroatoms. The monoisotopic (exact) mass is 412 g/mol. The van der Waals surface area contributed by atoms with Gasteiger partial charge in [-0.25, -0.2) is 0 Å². The molecule has 0 aliphatic carbocycles. The molecular formula is C24H28O6. The molecule has 0 N–H and O–H groups in total. The normalized spacial score (nSPS) is 20.2. The molecule has 0 bridgehead atoms. The van der Waals surface area contributed by atoms with Crippen molar-refractivity contribution in [1.82, 2.24) is 0 Å². The van der Waals surface area contributed by atoms with Crippen LogP contribution >= 0.6 is 0 Å². The summed E-state index contributed by atoms with van der Waals surface area (Å²) in [6.45, 7) is 0. The van der Waals surface area contributed by atoms with E-state index in [-0.39, 0.29) is 6.10 Å². The molecule has 1 saturated heterocycles. The summed E-state index contributed by atoms with van der Waals surface area (Å²) in [4.78, 5) is 25.7. The quantitative estimate of drug-likeness (QED) is 0.508. The summed E-state index contributed by atoms with van der Waals surface area (Å²) in [6, 6.07) is 17.4. The Bertz CT molecular complexity index is 830. The highest BCUT2D eigenvalue weighted by Crippen LogP contribution is 2.48. The predicted molar refractivity (Wildman–Crippen MR) is 111 cm³/mol. The lowest BCUT2D eigenvalue weighted by Crippen LogP contribution is -2.51. The zero-order valence-corrected chi connectivity index (χ0v) is 17.6. The van der Waals surface area contributed by atoms with E-state index in [1.54, 1.807) is 19.2 Å². The topological polar surface area (TPSA) is 71.1 Å². The second kappa shape index (κ2) is 9.76. The average Bonchev–Trinajstić information content (AvgIpc) is 2.82. The zero-order valence-electron chi connectivity index (χ0n) is 17.6. The number of carbonyl (C=O) groups is 2. The van der Waals surface area contributed by atoms with Crippen molar-refractivity contribution in [1.29, 1.82) is 0 Å². The molecular weight excluding hydrogens is 384 g/mol. The predicted octanol–water partition coefficient (Wildman–Crippen LogP) is 3.88. The fourth-order valence-corrected chi connectivity index (χ4v) is 4.09. The van der Waals surface area contributed by atoms with Crippen molar-refractivity contribution in [3.05, 3.63) is 65.7 Å². The highest BCUT2D eigenvalue weighted by atomic mass is 16.6. The van der Waals surface area contributed by atoms with Gasteiger partial charge in [0.2, 0.25) is 0 Å². The molecule has 0 saturated carbocycles. The van der Waals surface area contributed by atoms with Crippen LogP contribution in [0.4, 0.5) is 0 Å². The van der Waals surface area contributed by atoms with Gasteiger partial charge in [0.05, 0.1) is 27.4 Å². The third kappa shape index (κ3) is 4.33. The molecule has 1 fully saturated rings. The molecule has 0 spiro atoms. The number of carbonyl (C=O) groups excluding carboxylic acids is 2. The lowest BCUT2D eigenvalue weighted by Gasteiger charge is -2.42. The molecule has 30 heavy (non-hydrogen) atoms. The highest BCUT2D eigenvalue weighted by molar-refractivity contribution is 6.01. The van der Waals surface area contributed by atoms with Gasteiger partial charge in [0.15, 0.2) is 5.41 Å². The number of aryl methyl sites for hydroxylation is 1. The molecule has 0 radical (unpaired) electrons. The first kappa shape index (κ1) is 21.8. The molecule has 2 aromatic carbocycles. The number of hydrogen-bond acceptors (Lipinski definition) is 6. The Labute approximate surface area is 177 Å². The van der Waals surface area contributed by atoms with Crippen LogP contribution in [0, 0.1) is 5.41 Å². The van der Waals surface area contributed by atoms with Gasteiger partial charge in [-0.05, 0) is 48.9 Å². The van der Waals surface area contributed by atoms with Crippen LogP contribution in [0.15, 0.2) is 54.6 Å². The molecule has 1 aliphatic heterocycles. The van der Waals surface area contributed by atoms with Crippen LogP contribution in [0.25, 0.3) is 0 Å². The van der Waals surface area contributed by atoms with E-state index < -0.39 is 23.5 Å². The van der Waals surface area contributed by atoms with E-state index in [1.165, 1.54) is 19.8 Å². The van der Waals surface area contributed by atoms with Crippen LogP contribution in [0.1, 0.15) is 36.5 Å². The largest absolute Gasteiger partial charge is 0.497 e. The Hall–Kier alpha value is -2.86. The minimum atomic E-state index is -1.54. The van der Waals surface area contributed by atoms with E-state index in [0.29, 0.717) is 24.2 Å². The van der Waals surface area contributed by atoms with E-state index in [2.05, 4.69) is 12.1 Å². The molecule has 0 unspecified atom stereocenters. The second-order valence-electron chi connectivity index (χ2n) is 7.43. The average molecular weight is 412 g/mol. The van der Waals surface area contributed by atoms with Crippen LogP contribution in [0.2, 0.25) is 0 Å². The maximum absolute atomic E-state index is 12.9. The van der Waals surface area contributed by atoms with E-state index >= 15 is 0 Å². The number of methoxy groups -OCH3 is 3. The minimum absolute atomic E-state index is 0.0975. The van der Waals surface area contributed by atoms with Crippen LogP contribution in [-0.2, 0) is 30.2 Å². The first-order valence-corrected chi connectivity index (χ1v) is 10.0. The lowest BCUT2D eigenvalue weighted by atomic mass is 9.72. The second-order valence-corrected chi connectivity index (χ2v) is 7.43. The van der Waals surface area contributed by atoms with Gasteiger partial charge < -0.3 is 18.9 Å². The number of esters is 2. The Kier molecular flexibility index (Phi) is 7.11. The van der Waals surface area contributed by atoms with E-state index in [9.17, 15) is 9.59 Å². The SMILES string of the molecule is COC(=O)C1(C(=O)OC)CC[C@@H](CCc2ccccc2)O[C@H]1c1ccc(OC)cc1. The van der Waals surface area contributed by atoms with Gasteiger partial charge >= 0.3 is 11.9 Å². The van der Waals surface area contributed by atoms with Gasteiger partial charge in [-0.15, -0.1) is 0 Å². The van der Waals surface area contributed by atoms with Crippen LogP contribution < -0.4 is 4.74 Å². The first-order chi connectivity index (χ1) is 14.5. The summed E-state index contributed by atoms with van der Waals surface area (Å²) < 4.78 is 21.7. The van der Waals surface area contributed by atoms with Crippen LogP contribution in [-0.4, -0.2) is 39.4 Å². The minimum Gasteiger partial charge on any atom is -0.497 e. The summed E-state index contributed by atoms with van der Waals surface area (Å²) in [5, 5.41) is 0. The summed E-state index contributed by atoms with van der Waals surface area (Å²) in [5.74, 6) is -0.606. The number of benzene rings is 2. The molecule has 2 atom stereocenters. The summed E-state index contributed by atoms with van der Waals surface area (Å²) in [5.41, 5.74) is 0.386. The third-order valence-electron chi connectivity index (χ3n) is 5.75. The van der Waals surface area contributed by atoms with Crippen molar-refractivity contribution < 1.29 is 28.5 Å². The highest BCUT2D eigenvalue weighted by Gasteiger charge is 2.58. The van der Waals surface area contributed by atoms with E-state index in [0.717, 1.165) is 12.8 Å². The molecule has 1 aliphatic rings. The Morgan fingerprint density at radius 1 is 0.967 bits per heavy atom. The van der Waals surface area contributed by atoms with Gasteiger partial charge in [0.25, 0.3) is 0 Å². The van der Waals surface area contributed by atoms with Crippen molar-refractivity contribution in [2.45, 2.75) is 37.9 Å². The zero-order chi connectivity index (χ0) is 21.6. The summed E-state index contributed by atoms with van der Waals surface area (Å²) in [6.07, 6.45) is 1.59. The van der Waals surface area contributed by atoms with Crippen LogP contribution in [0.5, 0.6) is 5.75 Å². The molecule has 3 rings (SSSR count). The van der Waals surface area contributed by atoms with Crippen molar-refractivity contribution >= 4 is 11.9 Å². The first-order valence-electron chi connectivity index (χ1n) is 10.0. The molecule has 6 nitrogen and oxygen atoms in total. The maximum atomic E-state index is 12.9. The number of ether oxygens (including phenoxy) is 4. The Balaban J connectivity index is 1.90. The Morgan fingerprint density at radius 3 is 2.17 bits per heavy atom. The smallest absolute Gasteiger partial charge is 0.326 e. The standard InChI is InChI=1S/C24H28O6/c1-27-19-13-10-18(11-14-19)21-24(22(25)28-2,23(26)29-3)16-15-20(30-21)12-9-17-7-5-4-6-8-17/h4-8,10-11,13-14,20-21H,9,12,15-16H2,1-3H3/t20-,21+/m1/s1. The van der Waals surface area contributed by atoms with Crippen molar-refractivity contribution in [3.63, 3.8) is 0 Å². The Morgan fingerprint density at radius 2 is 1.60 bits per heavy atom. The molecule has 1 heterocycles. The molecule has 0 aromatic heterocycles. The molecule has 160 valence electrons. The van der Waals surface area contributed by atoms with Crippen molar-refractivity contribution in [3.8, 4) is 5.75 Å². The van der Waals surface area contributed by atoms with Crippen molar-refractivity contribution in [2.75, 3.05) is 21.3 Å². The third-order valence-corrected chi connectivity index (χ3v) is 5.75. The fraction of sp³-hybridized carbons (Fsp3) is 0.417. The van der Waals surface area contributed by atoms with Gasteiger partial charge in [-0.3, -0.25) is 9.59 Å². The van der Waals surface area contributed by atoms with E-state index in [1.807, 2.05) is 30.3 Å². The fourth-order valence-electron chi connectivity index (χ4n) is 4.09. The summed E-state index contributed by atoms with van der Waals surface area (Å²) in [7, 11) is 4.14. The maximum Gasteiger partial charge on any atom is 0.326 e. The lowest BCUT2D eigenvalue weighted by molar-refractivity contribution is -0.198. The van der Waals surface area contributed by atoms with Crippen molar-refractivity contribution in [2.24, 2.45) is 5.41 Å². The van der Waals surface area contributed by atoms with Gasteiger partial charge in [-0.1, -0.05) is 42.5 Å². The number of hydrogen-bond donors (Lipinski definition) is 0. The number of rotatable bonds is 7. The van der Waals surface area contributed by atoms with Gasteiger partial charge in [-0.2, -0.15) is 0 Å². The van der Waals surface area contributed by atoms with Gasteiger partial charge in [0, 0.05) is 0 Å². The summed E-state index contributed by atoms with van der Waals surface area (Å²) >= 11 is 0. The molecule has 0 amide bonds. The van der Waals surface area contributed by atoms with E-state index in [4.69, 9.17) is 18.9 Å².